The van der Waals surface area contributed by atoms with Gasteiger partial charge in [0.2, 0.25) is 0 Å². The highest BCUT2D eigenvalue weighted by atomic mass is 16.3. The van der Waals surface area contributed by atoms with Gasteiger partial charge >= 0.3 is 0 Å². The average molecular weight is 297 g/mol. The summed E-state index contributed by atoms with van der Waals surface area (Å²) in [5.74, 6) is -0.0477. The quantitative estimate of drug-likeness (QED) is 0.922. The molecule has 2 aromatic rings. The van der Waals surface area contributed by atoms with Crippen molar-refractivity contribution in [1.82, 2.24) is 9.88 Å². The number of hydrogen-bond acceptors (Lipinski definition) is 4. The SMILES string of the molecule is Cc1ccc(C(=O)N2CCN(c3ccncc3)CC2)c(O)c1. The van der Waals surface area contributed by atoms with Gasteiger partial charge in [0.1, 0.15) is 5.75 Å². The normalized spacial score (nSPS) is 15.0. The van der Waals surface area contributed by atoms with Crippen LogP contribution in [-0.2, 0) is 0 Å². The van der Waals surface area contributed by atoms with Gasteiger partial charge in [0.15, 0.2) is 0 Å². The Hall–Kier alpha value is -2.56. The Morgan fingerprint density at radius 2 is 1.77 bits per heavy atom. The van der Waals surface area contributed by atoms with E-state index in [1.165, 1.54) is 0 Å². The predicted octanol–water partition coefficient (Wildman–Crippen LogP) is 2.06. The molecule has 0 bridgehead atoms. The van der Waals surface area contributed by atoms with Gasteiger partial charge in [-0.3, -0.25) is 9.78 Å². The molecule has 1 aliphatic rings. The number of aromatic nitrogens is 1. The first kappa shape index (κ1) is 14.4. The fourth-order valence-corrected chi connectivity index (χ4v) is 2.72. The van der Waals surface area contributed by atoms with Crippen LogP contribution in [0.4, 0.5) is 5.69 Å². The van der Waals surface area contributed by atoms with Gasteiger partial charge in [0.25, 0.3) is 5.91 Å². The second kappa shape index (κ2) is 6.05. The van der Waals surface area contributed by atoms with Crippen molar-refractivity contribution in [3.8, 4) is 5.75 Å². The van der Waals surface area contributed by atoms with Crippen molar-refractivity contribution in [1.29, 1.82) is 0 Å². The molecule has 0 radical (unpaired) electrons. The van der Waals surface area contributed by atoms with Crippen molar-refractivity contribution in [3.63, 3.8) is 0 Å². The standard InChI is InChI=1S/C17H19N3O2/c1-13-2-3-15(16(21)12-13)17(22)20-10-8-19(9-11-20)14-4-6-18-7-5-14/h2-7,12,21H,8-11H2,1H3. The molecule has 1 amide bonds. The number of benzene rings is 1. The molecule has 0 aliphatic carbocycles. The monoisotopic (exact) mass is 297 g/mol. The van der Waals surface area contributed by atoms with E-state index in [9.17, 15) is 9.90 Å². The fourth-order valence-electron chi connectivity index (χ4n) is 2.72. The van der Waals surface area contributed by atoms with E-state index in [-0.39, 0.29) is 11.7 Å². The van der Waals surface area contributed by atoms with E-state index in [1.807, 2.05) is 25.1 Å². The van der Waals surface area contributed by atoms with E-state index in [4.69, 9.17) is 0 Å². The zero-order valence-electron chi connectivity index (χ0n) is 12.6. The number of carbonyl (C=O) groups excluding carboxylic acids is 1. The van der Waals surface area contributed by atoms with E-state index in [1.54, 1.807) is 29.4 Å². The third-order valence-corrected chi connectivity index (χ3v) is 3.98. The van der Waals surface area contributed by atoms with Crippen LogP contribution >= 0.6 is 0 Å². The summed E-state index contributed by atoms with van der Waals surface area (Å²) in [4.78, 5) is 20.6. The highest BCUT2D eigenvalue weighted by Gasteiger charge is 2.23. The summed E-state index contributed by atoms with van der Waals surface area (Å²) in [6, 6.07) is 9.12. The third-order valence-electron chi connectivity index (χ3n) is 3.98. The summed E-state index contributed by atoms with van der Waals surface area (Å²) in [5.41, 5.74) is 2.44. The van der Waals surface area contributed by atoms with Gasteiger partial charge in [0.05, 0.1) is 5.56 Å². The Morgan fingerprint density at radius 3 is 2.41 bits per heavy atom. The second-order valence-electron chi connectivity index (χ2n) is 5.51. The van der Waals surface area contributed by atoms with Crippen molar-refractivity contribution >= 4 is 11.6 Å². The molecular formula is C17H19N3O2. The van der Waals surface area contributed by atoms with Gasteiger partial charge in [-0.15, -0.1) is 0 Å². The lowest BCUT2D eigenvalue weighted by atomic mass is 10.1. The fraction of sp³-hybridized carbons (Fsp3) is 0.294. The molecule has 1 aliphatic heterocycles. The number of aromatic hydroxyl groups is 1. The lowest BCUT2D eigenvalue weighted by molar-refractivity contribution is 0.0744. The summed E-state index contributed by atoms with van der Waals surface area (Å²) < 4.78 is 0. The zero-order valence-corrected chi connectivity index (χ0v) is 12.6. The maximum Gasteiger partial charge on any atom is 0.257 e. The molecule has 114 valence electrons. The Labute approximate surface area is 129 Å². The number of carbonyl (C=O) groups is 1. The first-order valence-corrected chi connectivity index (χ1v) is 7.39. The number of phenols is 1. The summed E-state index contributed by atoms with van der Waals surface area (Å²) in [6.45, 7) is 4.75. The van der Waals surface area contributed by atoms with Crippen LogP contribution in [0.2, 0.25) is 0 Å². The van der Waals surface area contributed by atoms with Crippen LogP contribution < -0.4 is 4.90 Å². The van der Waals surface area contributed by atoms with Crippen LogP contribution in [0.25, 0.3) is 0 Å². The van der Waals surface area contributed by atoms with Gasteiger partial charge in [-0.2, -0.15) is 0 Å². The minimum Gasteiger partial charge on any atom is -0.507 e. The number of pyridine rings is 1. The lowest BCUT2D eigenvalue weighted by Gasteiger charge is -2.36. The van der Waals surface area contributed by atoms with E-state index < -0.39 is 0 Å². The molecule has 0 atom stereocenters. The van der Waals surface area contributed by atoms with Gasteiger partial charge in [-0.05, 0) is 36.8 Å². The van der Waals surface area contributed by atoms with Gasteiger partial charge < -0.3 is 14.9 Å². The number of amides is 1. The topological polar surface area (TPSA) is 56.7 Å². The van der Waals surface area contributed by atoms with Crippen molar-refractivity contribution in [3.05, 3.63) is 53.9 Å². The molecule has 1 N–H and O–H groups in total. The number of rotatable bonds is 2. The molecule has 1 saturated heterocycles. The number of hydrogen-bond donors (Lipinski definition) is 1. The molecule has 0 spiro atoms. The molecular weight excluding hydrogens is 278 g/mol. The minimum atomic E-state index is -0.105. The second-order valence-corrected chi connectivity index (χ2v) is 5.51. The summed E-state index contributed by atoms with van der Waals surface area (Å²) >= 11 is 0. The zero-order chi connectivity index (χ0) is 15.5. The molecule has 0 unspecified atom stereocenters. The first-order valence-electron chi connectivity index (χ1n) is 7.39. The molecule has 1 aromatic carbocycles. The van der Waals surface area contributed by atoms with Crippen LogP contribution in [0.3, 0.4) is 0 Å². The lowest BCUT2D eigenvalue weighted by Crippen LogP contribution is -2.48. The molecule has 1 aromatic heterocycles. The van der Waals surface area contributed by atoms with Crippen molar-refractivity contribution < 1.29 is 9.90 Å². The molecule has 22 heavy (non-hydrogen) atoms. The molecule has 2 heterocycles. The van der Waals surface area contributed by atoms with E-state index in [2.05, 4.69) is 9.88 Å². The van der Waals surface area contributed by atoms with Crippen LogP contribution in [-0.4, -0.2) is 47.1 Å². The number of aryl methyl sites for hydroxylation is 1. The Balaban J connectivity index is 1.67. The van der Waals surface area contributed by atoms with Gasteiger partial charge in [0, 0.05) is 44.3 Å². The third kappa shape index (κ3) is 2.88. The summed E-state index contributed by atoms with van der Waals surface area (Å²) in [5, 5.41) is 9.96. The minimum absolute atomic E-state index is 0.0570. The Kier molecular flexibility index (Phi) is 3.96. The van der Waals surface area contributed by atoms with Crippen molar-refractivity contribution in [2.75, 3.05) is 31.1 Å². The van der Waals surface area contributed by atoms with Gasteiger partial charge in [-0.25, -0.2) is 0 Å². The smallest absolute Gasteiger partial charge is 0.257 e. The first-order chi connectivity index (χ1) is 10.6. The summed E-state index contributed by atoms with van der Waals surface area (Å²) in [6.07, 6.45) is 3.55. The van der Waals surface area contributed by atoms with Crippen molar-refractivity contribution in [2.45, 2.75) is 6.92 Å². The van der Waals surface area contributed by atoms with E-state index in [0.717, 1.165) is 24.3 Å². The van der Waals surface area contributed by atoms with Crippen LogP contribution in [0.15, 0.2) is 42.7 Å². The van der Waals surface area contributed by atoms with Gasteiger partial charge in [-0.1, -0.05) is 6.07 Å². The molecule has 5 heteroatoms. The Bertz CT molecular complexity index is 665. The van der Waals surface area contributed by atoms with E-state index >= 15 is 0 Å². The average Bonchev–Trinajstić information content (AvgIpc) is 2.55. The van der Waals surface area contributed by atoms with Crippen LogP contribution in [0.1, 0.15) is 15.9 Å². The number of phenolic OH excluding ortho intramolecular Hbond substituents is 1. The number of anilines is 1. The molecule has 1 fully saturated rings. The summed E-state index contributed by atoms with van der Waals surface area (Å²) in [7, 11) is 0. The maximum atomic E-state index is 12.5. The largest absolute Gasteiger partial charge is 0.507 e. The molecule has 0 saturated carbocycles. The predicted molar refractivity (Wildman–Crippen MR) is 85.2 cm³/mol. The van der Waals surface area contributed by atoms with Crippen LogP contribution in [0, 0.1) is 6.92 Å². The number of piperazine rings is 1. The van der Waals surface area contributed by atoms with Crippen molar-refractivity contribution in [2.24, 2.45) is 0 Å². The van der Waals surface area contributed by atoms with E-state index in [0.29, 0.717) is 18.7 Å². The molecule has 5 nitrogen and oxygen atoms in total. The maximum absolute atomic E-state index is 12.5. The van der Waals surface area contributed by atoms with Crippen LogP contribution in [0.5, 0.6) is 5.75 Å². The molecule has 3 rings (SSSR count). The highest BCUT2D eigenvalue weighted by Crippen LogP contribution is 2.22. The Morgan fingerprint density at radius 1 is 1.09 bits per heavy atom. The highest BCUT2D eigenvalue weighted by molar-refractivity contribution is 5.97. The number of nitrogens with zero attached hydrogens (tertiary/aromatic N) is 3.